The summed E-state index contributed by atoms with van der Waals surface area (Å²) >= 11 is 0. The number of likely N-dealkylation sites (tertiary alicyclic amines) is 1. The van der Waals surface area contributed by atoms with Crippen molar-refractivity contribution in [2.45, 2.75) is 38.7 Å². The van der Waals surface area contributed by atoms with Gasteiger partial charge in [-0.25, -0.2) is 0 Å². The molecule has 0 radical (unpaired) electrons. The SMILES string of the molecule is CC1(C(=O)N2CCC[C@H](O)C2)CC1. The average molecular weight is 183 g/mol. The third-order valence-corrected chi connectivity index (χ3v) is 3.20. The molecule has 0 aromatic heterocycles. The molecule has 0 aromatic rings. The summed E-state index contributed by atoms with van der Waals surface area (Å²) in [6, 6.07) is 0. The van der Waals surface area contributed by atoms with Crippen LogP contribution in [0.3, 0.4) is 0 Å². The normalized spacial score (nSPS) is 31.5. The molecule has 2 fully saturated rings. The first-order valence-corrected chi connectivity index (χ1v) is 5.09. The Labute approximate surface area is 78.7 Å². The van der Waals surface area contributed by atoms with Gasteiger partial charge in [0.2, 0.25) is 5.91 Å². The van der Waals surface area contributed by atoms with E-state index in [-0.39, 0.29) is 17.4 Å². The van der Waals surface area contributed by atoms with Gasteiger partial charge in [0.15, 0.2) is 0 Å². The maximum atomic E-state index is 11.8. The number of rotatable bonds is 1. The van der Waals surface area contributed by atoms with Crippen LogP contribution in [0.5, 0.6) is 0 Å². The summed E-state index contributed by atoms with van der Waals surface area (Å²) in [7, 11) is 0. The van der Waals surface area contributed by atoms with Crippen molar-refractivity contribution >= 4 is 5.91 Å². The number of hydrogen-bond donors (Lipinski definition) is 1. The summed E-state index contributed by atoms with van der Waals surface area (Å²) in [4.78, 5) is 13.7. The average Bonchev–Trinajstić information content (AvgIpc) is 2.84. The van der Waals surface area contributed by atoms with Crippen LogP contribution in [0, 0.1) is 5.41 Å². The summed E-state index contributed by atoms with van der Waals surface area (Å²) in [5.41, 5.74) is -0.0724. The van der Waals surface area contributed by atoms with Gasteiger partial charge in [-0.3, -0.25) is 4.79 Å². The van der Waals surface area contributed by atoms with Crippen molar-refractivity contribution in [1.29, 1.82) is 0 Å². The Bertz CT molecular complexity index is 223. The standard InChI is InChI=1S/C10H17NO2/c1-10(4-5-10)9(13)11-6-2-3-8(12)7-11/h8,12H,2-7H2,1H3/t8-/m0/s1. The Morgan fingerprint density at radius 2 is 2.23 bits per heavy atom. The lowest BCUT2D eigenvalue weighted by Gasteiger charge is -2.32. The Balaban J connectivity index is 1.96. The van der Waals surface area contributed by atoms with Gasteiger partial charge >= 0.3 is 0 Å². The highest BCUT2D eigenvalue weighted by Crippen LogP contribution is 2.46. The topological polar surface area (TPSA) is 40.5 Å². The summed E-state index contributed by atoms with van der Waals surface area (Å²) < 4.78 is 0. The van der Waals surface area contributed by atoms with Crippen LogP contribution in [-0.4, -0.2) is 35.1 Å². The molecular weight excluding hydrogens is 166 g/mol. The zero-order valence-electron chi connectivity index (χ0n) is 8.12. The van der Waals surface area contributed by atoms with Crippen LogP contribution in [0.4, 0.5) is 0 Å². The predicted molar refractivity (Wildman–Crippen MR) is 49.2 cm³/mol. The number of aliphatic hydroxyl groups is 1. The molecule has 2 aliphatic rings. The first kappa shape index (κ1) is 9.00. The molecule has 0 aromatic carbocycles. The van der Waals surface area contributed by atoms with Gasteiger partial charge in [0.25, 0.3) is 0 Å². The van der Waals surface area contributed by atoms with E-state index in [1.807, 2.05) is 11.8 Å². The highest BCUT2D eigenvalue weighted by Gasteiger charge is 2.47. The molecule has 0 unspecified atom stereocenters. The first-order valence-electron chi connectivity index (χ1n) is 5.09. The number of carbonyl (C=O) groups is 1. The van der Waals surface area contributed by atoms with Crippen molar-refractivity contribution in [3.8, 4) is 0 Å². The molecule has 0 spiro atoms. The van der Waals surface area contributed by atoms with Gasteiger partial charge in [-0.15, -0.1) is 0 Å². The molecule has 3 nitrogen and oxygen atoms in total. The van der Waals surface area contributed by atoms with Crippen LogP contribution in [0.15, 0.2) is 0 Å². The highest BCUT2D eigenvalue weighted by molar-refractivity contribution is 5.85. The highest BCUT2D eigenvalue weighted by atomic mass is 16.3. The third kappa shape index (κ3) is 1.70. The monoisotopic (exact) mass is 183 g/mol. The molecule has 1 amide bonds. The Hall–Kier alpha value is -0.570. The molecule has 1 aliphatic carbocycles. The number of piperidine rings is 1. The van der Waals surface area contributed by atoms with Crippen LogP contribution in [0.1, 0.15) is 32.6 Å². The molecule has 1 atom stereocenters. The van der Waals surface area contributed by atoms with E-state index >= 15 is 0 Å². The predicted octanol–water partition coefficient (Wildman–Crippen LogP) is 0.770. The lowest BCUT2D eigenvalue weighted by molar-refractivity contribution is -0.139. The lowest BCUT2D eigenvalue weighted by atomic mass is 10.0. The number of hydrogen-bond acceptors (Lipinski definition) is 2. The number of nitrogens with zero attached hydrogens (tertiary/aromatic N) is 1. The van der Waals surface area contributed by atoms with Crippen LogP contribution in [0.25, 0.3) is 0 Å². The van der Waals surface area contributed by atoms with Crippen molar-refractivity contribution in [2.24, 2.45) is 5.41 Å². The second kappa shape index (κ2) is 2.98. The van der Waals surface area contributed by atoms with Crippen molar-refractivity contribution in [2.75, 3.05) is 13.1 Å². The van der Waals surface area contributed by atoms with Crippen molar-refractivity contribution in [3.63, 3.8) is 0 Å². The fourth-order valence-electron chi connectivity index (χ4n) is 1.92. The van der Waals surface area contributed by atoms with E-state index in [1.165, 1.54) is 0 Å². The molecule has 1 N–H and O–H groups in total. The quantitative estimate of drug-likeness (QED) is 0.652. The van der Waals surface area contributed by atoms with E-state index in [1.54, 1.807) is 0 Å². The lowest BCUT2D eigenvalue weighted by Crippen LogP contribution is -2.44. The van der Waals surface area contributed by atoms with Crippen LogP contribution < -0.4 is 0 Å². The number of amides is 1. The first-order chi connectivity index (χ1) is 6.12. The minimum absolute atomic E-state index is 0.0724. The van der Waals surface area contributed by atoms with Gasteiger partial charge in [-0.05, 0) is 25.7 Å². The molecule has 13 heavy (non-hydrogen) atoms. The number of carbonyl (C=O) groups excluding carboxylic acids is 1. The Morgan fingerprint density at radius 3 is 2.77 bits per heavy atom. The zero-order chi connectivity index (χ0) is 9.47. The van der Waals surface area contributed by atoms with Gasteiger partial charge in [0.05, 0.1) is 6.10 Å². The molecule has 3 heteroatoms. The molecular formula is C10H17NO2. The summed E-state index contributed by atoms with van der Waals surface area (Å²) in [6.07, 6.45) is 3.56. The van der Waals surface area contributed by atoms with E-state index in [2.05, 4.69) is 0 Å². The maximum absolute atomic E-state index is 11.8. The molecule has 1 heterocycles. The Kier molecular flexibility index (Phi) is 2.06. The van der Waals surface area contributed by atoms with Crippen LogP contribution >= 0.6 is 0 Å². The van der Waals surface area contributed by atoms with Crippen molar-refractivity contribution in [3.05, 3.63) is 0 Å². The minimum Gasteiger partial charge on any atom is -0.391 e. The Morgan fingerprint density at radius 1 is 1.54 bits per heavy atom. The smallest absolute Gasteiger partial charge is 0.228 e. The van der Waals surface area contributed by atoms with Gasteiger partial charge in [0.1, 0.15) is 0 Å². The largest absolute Gasteiger partial charge is 0.391 e. The summed E-state index contributed by atoms with van der Waals surface area (Å²) in [5, 5.41) is 9.42. The third-order valence-electron chi connectivity index (χ3n) is 3.20. The fraction of sp³-hybridized carbons (Fsp3) is 0.900. The van der Waals surface area contributed by atoms with Gasteiger partial charge < -0.3 is 10.0 Å². The second-order valence-electron chi connectivity index (χ2n) is 4.61. The summed E-state index contributed by atoms with van der Waals surface area (Å²) in [5.74, 6) is 0.256. The van der Waals surface area contributed by atoms with E-state index in [0.717, 1.165) is 32.2 Å². The molecule has 2 rings (SSSR count). The van der Waals surface area contributed by atoms with E-state index in [0.29, 0.717) is 6.54 Å². The van der Waals surface area contributed by atoms with Gasteiger partial charge in [0, 0.05) is 18.5 Å². The minimum atomic E-state index is -0.292. The van der Waals surface area contributed by atoms with Gasteiger partial charge in [-0.2, -0.15) is 0 Å². The van der Waals surface area contributed by atoms with Crippen molar-refractivity contribution in [1.82, 2.24) is 4.90 Å². The fourth-order valence-corrected chi connectivity index (χ4v) is 1.92. The van der Waals surface area contributed by atoms with E-state index < -0.39 is 0 Å². The molecule has 1 saturated carbocycles. The molecule has 0 bridgehead atoms. The molecule has 1 saturated heterocycles. The number of β-amino-alcohol motifs (C(OH)–C–C–N with tert-alkyl or cyclic N) is 1. The van der Waals surface area contributed by atoms with E-state index in [4.69, 9.17) is 0 Å². The van der Waals surface area contributed by atoms with Gasteiger partial charge in [-0.1, -0.05) is 6.92 Å². The van der Waals surface area contributed by atoms with E-state index in [9.17, 15) is 9.90 Å². The number of aliphatic hydroxyl groups excluding tert-OH is 1. The second-order valence-corrected chi connectivity index (χ2v) is 4.61. The van der Waals surface area contributed by atoms with Crippen LogP contribution in [-0.2, 0) is 4.79 Å². The maximum Gasteiger partial charge on any atom is 0.228 e. The zero-order valence-corrected chi connectivity index (χ0v) is 8.12. The molecule has 1 aliphatic heterocycles. The van der Waals surface area contributed by atoms with Crippen molar-refractivity contribution < 1.29 is 9.90 Å². The summed E-state index contributed by atoms with van der Waals surface area (Å²) in [6.45, 7) is 3.41. The van der Waals surface area contributed by atoms with Crippen LogP contribution in [0.2, 0.25) is 0 Å². The molecule has 74 valence electrons.